The van der Waals surface area contributed by atoms with Gasteiger partial charge < -0.3 is 25.3 Å². The van der Waals surface area contributed by atoms with E-state index in [1.807, 2.05) is 38.1 Å². The fourth-order valence-electron chi connectivity index (χ4n) is 4.92. The third-order valence-electron chi connectivity index (χ3n) is 7.48. The van der Waals surface area contributed by atoms with Crippen molar-refractivity contribution in [3.8, 4) is 22.9 Å². The minimum absolute atomic E-state index is 0. The number of hydrogen-bond acceptors (Lipinski definition) is 9. The van der Waals surface area contributed by atoms with Gasteiger partial charge in [-0.1, -0.05) is 32.0 Å². The quantitative estimate of drug-likeness (QED) is 0.180. The lowest BCUT2D eigenvalue weighted by Gasteiger charge is -2.21. The molecule has 0 unspecified atom stereocenters. The van der Waals surface area contributed by atoms with Gasteiger partial charge in [0.25, 0.3) is 11.5 Å². The zero-order valence-corrected chi connectivity index (χ0v) is 27.5. The number of ether oxygens (including phenoxy) is 3. The van der Waals surface area contributed by atoms with Gasteiger partial charge in [0.1, 0.15) is 40.8 Å². The summed E-state index contributed by atoms with van der Waals surface area (Å²) in [4.78, 5) is 48.5. The smallest absolute Gasteiger partial charge is 0.323 e. The van der Waals surface area contributed by atoms with Crippen LogP contribution in [0.25, 0.3) is 16.6 Å². The van der Waals surface area contributed by atoms with Crippen molar-refractivity contribution in [3.05, 3.63) is 101 Å². The molecular weight excluding hydrogens is 624 g/mol. The third kappa shape index (κ3) is 7.62. The number of nitrogens with one attached hydrogen (secondary N) is 1. The minimum Gasteiger partial charge on any atom is -0.497 e. The number of hydrogen-bond donors (Lipinski definition) is 2. The summed E-state index contributed by atoms with van der Waals surface area (Å²) < 4.78 is 19.9. The van der Waals surface area contributed by atoms with Crippen molar-refractivity contribution in [2.24, 2.45) is 11.7 Å². The van der Waals surface area contributed by atoms with Crippen LogP contribution in [0, 0.1) is 12.8 Å². The number of fused-ring (bicyclic) bond motifs is 1. The predicted octanol–water partition coefficient (Wildman–Crippen LogP) is 5.28. The zero-order valence-electron chi connectivity index (χ0n) is 26.7. The van der Waals surface area contributed by atoms with Crippen LogP contribution in [-0.4, -0.2) is 50.5 Å². The van der Waals surface area contributed by atoms with E-state index in [0.29, 0.717) is 34.1 Å². The van der Waals surface area contributed by atoms with Crippen molar-refractivity contribution < 1.29 is 23.8 Å². The van der Waals surface area contributed by atoms with E-state index in [1.165, 1.54) is 10.9 Å². The molecule has 5 rings (SSSR count). The van der Waals surface area contributed by atoms with E-state index in [-0.39, 0.29) is 36.3 Å². The first kappa shape index (κ1) is 34.7. The number of carbonyl (C=O) groups is 2. The average Bonchev–Trinajstić information content (AvgIpc) is 3.29. The molecule has 3 heterocycles. The standard InChI is InChI=1S/C34H36N6O6.ClH/c1-20(2)31(35)34(43)45-21(3)19-39-22(4)30(33(42)40(39)23-9-7-6-8-10-23)32(41)38-29-14-12-25(18-37-29)46-28-15-16-36-27-17-24(44-5)11-13-26(27)28;/h6-18,20-21,31H,19,35H2,1-5H3,(H,37,38,41);1H/t21-,31+;/m1./s1. The van der Waals surface area contributed by atoms with Crippen LogP contribution in [0.15, 0.2) is 83.9 Å². The summed E-state index contributed by atoms with van der Waals surface area (Å²) in [6, 6.07) is 18.6. The second kappa shape index (κ2) is 14.9. The minimum atomic E-state index is -0.775. The first-order valence-corrected chi connectivity index (χ1v) is 14.8. The van der Waals surface area contributed by atoms with Crippen molar-refractivity contribution in [1.29, 1.82) is 0 Å². The third-order valence-corrected chi connectivity index (χ3v) is 7.48. The fourth-order valence-corrected chi connectivity index (χ4v) is 4.92. The van der Waals surface area contributed by atoms with Crippen LogP contribution in [-0.2, 0) is 16.1 Å². The van der Waals surface area contributed by atoms with Crippen molar-refractivity contribution >= 4 is 41.0 Å². The van der Waals surface area contributed by atoms with Crippen LogP contribution in [0.1, 0.15) is 36.8 Å². The number of rotatable bonds is 11. The van der Waals surface area contributed by atoms with E-state index < -0.39 is 29.6 Å². The molecule has 0 spiro atoms. The van der Waals surface area contributed by atoms with Crippen LogP contribution in [0.4, 0.5) is 5.82 Å². The van der Waals surface area contributed by atoms with Crippen molar-refractivity contribution in [2.75, 3.05) is 12.4 Å². The van der Waals surface area contributed by atoms with Crippen LogP contribution < -0.4 is 26.1 Å². The molecule has 13 heteroatoms. The lowest BCUT2D eigenvalue weighted by atomic mass is 10.1. The summed E-state index contributed by atoms with van der Waals surface area (Å²) in [7, 11) is 1.59. The number of halogens is 1. The maximum atomic E-state index is 13.7. The molecule has 0 bridgehead atoms. The summed E-state index contributed by atoms with van der Waals surface area (Å²) in [6.45, 7) is 7.16. The van der Waals surface area contributed by atoms with E-state index in [2.05, 4.69) is 15.3 Å². The number of aromatic nitrogens is 4. The Morgan fingerprint density at radius 1 is 0.979 bits per heavy atom. The highest BCUT2D eigenvalue weighted by molar-refractivity contribution is 6.04. The molecule has 246 valence electrons. The van der Waals surface area contributed by atoms with Crippen LogP contribution in [0.3, 0.4) is 0 Å². The number of pyridine rings is 2. The number of nitrogens with two attached hydrogens (primary N) is 1. The molecular formula is C34H37ClN6O6. The summed E-state index contributed by atoms with van der Waals surface area (Å²) >= 11 is 0. The largest absolute Gasteiger partial charge is 0.497 e. The fraction of sp³-hybridized carbons (Fsp3) is 0.265. The maximum Gasteiger partial charge on any atom is 0.323 e. The van der Waals surface area contributed by atoms with Gasteiger partial charge >= 0.3 is 5.97 Å². The molecule has 0 fully saturated rings. The number of anilines is 1. The van der Waals surface area contributed by atoms with Gasteiger partial charge in [-0.25, -0.2) is 9.67 Å². The number of nitrogens with zero attached hydrogens (tertiary/aromatic N) is 4. The Morgan fingerprint density at radius 3 is 2.36 bits per heavy atom. The molecule has 0 radical (unpaired) electrons. The summed E-state index contributed by atoms with van der Waals surface area (Å²) in [6.07, 6.45) is 2.48. The Kier molecular flexibility index (Phi) is 11.0. The molecule has 2 atom stereocenters. The Labute approximate surface area is 277 Å². The van der Waals surface area contributed by atoms with Crippen LogP contribution in [0.2, 0.25) is 0 Å². The number of esters is 1. The first-order valence-electron chi connectivity index (χ1n) is 14.8. The molecule has 3 N–H and O–H groups in total. The number of amides is 1. The molecule has 0 aliphatic heterocycles. The Morgan fingerprint density at radius 2 is 1.70 bits per heavy atom. The van der Waals surface area contributed by atoms with E-state index in [9.17, 15) is 14.4 Å². The molecule has 12 nitrogen and oxygen atoms in total. The highest BCUT2D eigenvalue weighted by Gasteiger charge is 2.27. The Balaban J connectivity index is 0.00000500. The van der Waals surface area contributed by atoms with Crippen LogP contribution >= 0.6 is 12.4 Å². The van der Waals surface area contributed by atoms with E-state index in [1.54, 1.807) is 74.3 Å². The number of para-hydroxylation sites is 1. The summed E-state index contributed by atoms with van der Waals surface area (Å²) in [5.41, 5.74) is 7.02. The lowest BCUT2D eigenvalue weighted by Crippen LogP contribution is -2.39. The topological polar surface area (TPSA) is 153 Å². The zero-order chi connectivity index (χ0) is 33.0. The van der Waals surface area contributed by atoms with Gasteiger partial charge in [-0.15, -0.1) is 12.4 Å². The number of benzene rings is 2. The average molecular weight is 661 g/mol. The van der Waals surface area contributed by atoms with Crippen molar-refractivity contribution in [3.63, 3.8) is 0 Å². The Bertz CT molecular complexity index is 1920. The predicted molar refractivity (Wildman–Crippen MR) is 181 cm³/mol. The summed E-state index contributed by atoms with van der Waals surface area (Å²) in [5.74, 6) is 0.669. The van der Waals surface area contributed by atoms with Gasteiger partial charge in [0, 0.05) is 17.6 Å². The van der Waals surface area contributed by atoms with E-state index in [4.69, 9.17) is 19.9 Å². The van der Waals surface area contributed by atoms with Gasteiger partial charge in [0.05, 0.1) is 36.7 Å². The Hall–Kier alpha value is -5.20. The normalized spacial score (nSPS) is 12.2. The highest BCUT2D eigenvalue weighted by Crippen LogP contribution is 2.31. The van der Waals surface area contributed by atoms with Gasteiger partial charge in [-0.05, 0) is 62.2 Å². The molecule has 1 amide bonds. The van der Waals surface area contributed by atoms with Gasteiger partial charge in [0.2, 0.25) is 0 Å². The SMILES string of the molecule is COc1ccc2c(Oc3ccc(NC(=O)c4c(C)n(C[C@@H](C)OC(=O)[C@@H](N)C(C)C)n(-c5ccccc5)c4=O)nc3)ccnc2c1.Cl. The number of methoxy groups -OCH3 is 1. The summed E-state index contributed by atoms with van der Waals surface area (Å²) in [5, 5.41) is 3.51. The molecule has 47 heavy (non-hydrogen) atoms. The highest BCUT2D eigenvalue weighted by atomic mass is 35.5. The second-order valence-corrected chi connectivity index (χ2v) is 11.1. The lowest BCUT2D eigenvalue weighted by molar-refractivity contribution is -0.151. The van der Waals surface area contributed by atoms with Gasteiger partial charge in [-0.2, -0.15) is 0 Å². The molecule has 0 aliphatic carbocycles. The molecule has 0 saturated heterocycles. The first-order chi connectivity index (χ1) is 22.1. The molecule has 3 aromatic heterocycles. The van der Waals surface area contributed by atoms with E-state index >= 15 is 0 Å². The molecule has 2 aromatic carbocycles. The molecule has 5 aromatic rings. The second-order valence-electron chi connectivity index (χ2n) is 11.1. The van der Waals surface area contributed by atoms with Gasteiger partial charge in [0.15, 0.2) is 0 Å². The van der Waals surface area contributed by atoms with Crippen LogP contribution in [0.5, 0.6) is 17.2 Å². The van der Waals surface area contributed by atoms with Gasteiger partial charge in [-0.3, -0.25) is 24.0 Å². The number of carbonyl (C=O) groups excluding carboxylic acids is 2. The molecule has 0 aliphatic rings. The van der Waals surface area contributed by atoms with Crippen molar-refractivity contribution in [2.45, 2.75) is 46.4 Å². The van der Waals surface area contributed by atoms with E-state index in [0.717, 1.165) is 5.39 Å². The van der Waals surface area contributed by atoms with Crippen molar-refractivity contribution in [1.82, 2.24) is 19.3 Å². The molecule has 0 saturated carbocycles. The monoisotopic (exact) mass is 660 g/mol. The maximum absolute atomic E-state index is 13.7.